The molecule has 0 aliphatic carbocycles. The largest absolute Gasteiger partial charge is 1.00 e. The van der Waals surface area contributed by atoms with Crippen LogP contribution in [0.3, 0.4) is 0 Å². The second-order valence-electron chi connectivity index (χ2n) is 6.13. The summed E-state index contributed by atoms with van der Waals surface area (Å²) in [5, 5.41) is 8.44. The molecule has 4 nitrogen and oxygen atoms in total. The van der Waals surface area contributed by atoms with Crippen molar-refractivity contribution in [1.82, 2.24) is 0 Å². The molecule has 0 aliphatic heterocycles. The van der Waals surface area contributed by atoms with E-state index in [1.54, 1.807) is 6.92 Å². The monoisotopic (exact) mass is 360 g/mol. The number of aliphatic hydroxyl groups excluding tert-OH is 1. The fourth-order valence-electron chi connectivity index (χ4n) is 2.60. The Morgan fingerprint density at radius 1 is 0.864 bits per heavy atom. The van der Waals surface area contributed by atoms with E-state index in [1.807, 2.05) is 6.92 Å². The van der Waals surface area contributed by atoms with Crippen LogP contribution in [0.25, 0.3) is 0 Å². The maximum absolute atomic E-state index is 10.9. The molecule has 0 saturated carbocycles. The molecule has 0 aromatic rings. The SMILES string of the molecule is CCC(CCCCCCCCCCCC(C)O)S(=O)(=O)[O-].[K+]. The molecule has 0 amide bonds. The van der Waals surface area contributed by atoms with E-state index in [0.717, 1.165) is 32.1 Å². The third-order valence-electron chi connectivity index (χ3n) is 4.01. The van der Waals surface area contributed by atoms with Crippen molar-refractivity contribution < 1.29 is 69.5 Å². The molecule has 22 heavy (non-hydrogen) atoms. The van der Waals surface area contributed by atoms with Crippen molar-refractivity contribution in [3.05, 3.63) is 0 Å². The first-order valence-electron chi connectivity index (χ1n) is 8.50. The Kier molecular flexibility index (Phi) is 18.7. The molecule has 0 fully saturated rings. The average molecular weight is 361 g/mol. The van der Waals surface area contributed by atoms with Gasteiger partial charge < -0.3 is 9.66 Å². The van der Waals surface area contributed by atoms with Gasteiger partial charge >= 0.3 is 51.4 Å². The number of hydrogen-bond donors (Lipinski definition) is 1. The number of rotatable bonds is 14. The van der Waals surface area contributed by atoms with Gasteiger partial charge in [-0.15, -0.1) is 0 Å². The van der Waals surface area contributed by atoms with Crippen molar-refractivity contribution in [2.45, 2.75) is 102 Å². The van der Waals surface area contributed by atoms with Crippen LogP contribution in [0.2, 0.25) is 0 Å². The summed E-state index contributed by atoms with van der Waals surface area (Å²) in [5.74, 6) is 0. The molecule has 0 rings (SSSR count). The normalized spacial score (nSPS) is 14.4. The van der Waals surface area contributed by atoms with Crippen LogP contribution in [0, 0.1) is 0 Å². The quantitative estimate of drug-likeness (QED) is 0.285. The molecule has 0 aromatic heterocycles. The predicted octanol–water partition coefficient (Wildman–Crippen LogP) is 0.986. The van der Waals surface area contributed by atoms with Gasteiger partial charge in [-0.1, -0.05) is 64.7 Å². The molecule has 2 atom stereocenters. The van der Waals surface area contributed by atoms with E-state index in [-0.39, 0.29) is 57.5 Å². The summed E-state index contributed by atoms with van der Waals surface area (Å²) >= 11 is 0. The van der Waals surface area contributed by atoms with Crippen molar-refractivity contribution in [3.8, 4) is 0 Å². The van der Waals surface area contributed by atoms with Crippen LogP contribution < -0.4 is 51.4 Å². The molecule has 1 N–H and O–H groups in total. The van der Waals surface area contributed by atoms with Crippen LogP contribution in [0.4, 0.5) is 0 Å². The minimum Gasteiger partial charge on any atom is -0.748 e. The van der Waals surface area contributed by atoms with Crippen molar-refractivity contribution in [2.75, 3.05) is 0 Å². The third kappa shape index (κ3) is 16.4. The maximum Gasteiger partial charge on any atom is 1.00 e. The minimum absolute atomic E-state index is 0. The van der Waals surface area contributed by atoms with E-state index in [9.17, 15) is 13.0 Å². The van der Waals surface area contributed by atoms with Crippen molar-refractivity contribution >= 4 is 10.1 Å². The van der Waals surface area contributed by atoms with Crippen molar-refractivity contribution in [3.63, 3.8) is 0 Å². The van der Waals surface area contributed by atoms with Gasteiger partial charge in [-0.3, -0.25) is 0 Å². The van der Waals surface area contributed by atoms with E-state index in [0.29, 0.717) is 12.8 Å². The Bertz CT molecular complexity index is 331. The van der Waals surface area contributed by atoms with Gasteiger partial charge in [0.25, 0.3) is 0 Å². The Balaban J connectivity index is 0. The first-order valence-corrected chi connectivity index (χ1v) is 9.97. The van der Waals surface area contributed by atoms with Gasteiger partial charge in [-0.2, -0.15) is 0 Å². The number of unbranched alkanes of at least 4 members (excludes halogenated alkanes) is 8. The third-order valence-corrected chi connectivity index (χ3v) is 5.40. The standard InChI is InChI=1S/C16H34O4S.K/c1-3-16(21(18,19)20)14-12-10-8-6-4-5-7-9-11-13-15(2)17;/h15-17H,3-14H2,1-2H3,(H,18,19,20);/q;+1/p-1. The van der Waals surface area contributed by atoms with Gasteiger partial charge in [0.05, 0.1) is 16.2 Å². The van der Waals surface area contributed by atoms with E-state index < -0.39 is 15.4 Å². The van der Waals surface area contributed by atoms with Crippen LogP contribution >= 0.6 is 0 Å². The van der Waals surface area contributed by atoms with Crippen LogP contribution in [-0.4, -0.2) is 29.4 Å². The van der Waals surface area contributed by atoms with Crippen LogP contribution in [0.15, 0.2) is 0 Å². The second-order valence-corrected chi connectivity index (χ2v) is 7.78. The summed E-state index contributed by atoms with van der Waals surface area (Å²) in [6.07, 6.45) is 11.9. The summed E-state index contributed by atoms with van der Waals surface area (Å²) in [6.45, 7) is 3.60. The topological polar surface area (TPSA) is 77.4 Å². The first-order chi connectivity index (χ1) is 9.88. The molecule has 0 heterocycles. The Morgan fingerprint density at radius 3 is 1.55 bits per heavy atom. The molecule has 0 radical (unpaired) electrons. The van der Waals surface area contributed by atoms with Gasteiger partial charge in [0.15, 0.2) is 0 Å². The van der Waals surface area contributed by atoms with Gasteiger partial charge in [0.1, 0.15) is 0 Å². The number of hydrogen-bond acceptors (Lipinski definition) is 4. The molecular formula is C16H33KO4S. The summed E-state index contributed by atoms with van der Waals surface area (Å²) in [4.78, 5) is 0. The number of aliphatic hydroxyl groups is 1. The zero-order valence-corrected chi connectivity index (χ0v) is 18.7. The van der Waals surface area contributed by atoms with Crippen LogP contribution in [-0.2, 0) is 10.1 Å². The molecule has 0 bridgehead atoms. The second kappa shape index (κ2) is 16.0. The fourth-order valence-corrected chi connectivity index (χ4v) is 3.47. The zero-order chi connectivity index (χ0) is 16.1. The maximum atomic E-state index is 10.9. The molecular weight excluding hydrogens is 327 g/mol. The van der Waals surface area contributed by atoms with Gasteiger partial charge in [0.2, 0.25) is 0 Å². The van der Waals surface area contributed by atoms with E-state index in [2.05, 4.69) is 0 Å². The summed E-state index contributed by atoms with van der Waals surface area (Å²) in [6, 6.07) is 0. The molecule has 128 valence electrons. The smallest absolute Gasteiger partial charge is 0.748 e. The van der Waals surface area contributed by atoms with Crippen LogP contribution in [0.1, 0.15) is 90.9 Å². The molecule has 0 aromatic carbocycles. The minimum atomic E-state index is -4.10. The molecule has 0 saturated heterocycles. The average Bonchev–Trinajstić information content (AvgIpc) is 2.38. The first kappa shape index (κ1) is 25.7. The Morgan fingerprint density at radius 2 is 1.23 bits per heavy atom. The van der Waals surface area contributed by atoms with Gasteiger partial charge in [-0.05, 0) is 26.2 Å². The molecule has 2 unspecified atom stereocenters. The summed E-state index contributed by atoms with van der Waals surface area (Å²) in [5.41, 5.74) is 0. The zero-order valence-electron chi connectivity index (χ0n) is 14.7. The van der Waals surface area contributed by atoms with Crippen molar-refractivity contribution in [2.24, 2.45) is 0 Å². The van der Waals surface area contributed by atoms with E-state index >= 15 is 0 Å². The Labute approximate surface area is 180 Å². The van der Waals surface area contributed by atoms with Gasteiger partial charge in [-0.25, -0.2) is 8.42 Å². The predicted molar refractivity (Wildman–Crippen MR) is 86.2 cm³/mol. The fraction of sp³-hybridized carbons (Fsp3) is 1.00. The molecule has 0 spiro atoms. The molecule has 6 heteroatoms. The Hall–Kier alpha value is 1.51. The van der Waals surface area contributed by atoms with Crippen LogP contribution in [0.5, 0.6) is 0 Å². The van der Waals surface area contributed by atoms with Gasteiger partial charge in [0, 0.05) is 5.25 Å². The summed E-state index contributed by atoms with van der Waals surface area (Å²) in [7, 11) is -4.10. The van der Waals surface area contributed by atoms with E-state index in [4.69, 9.17) is 5.11 Å². The summed E-state index contributed by atoms with van der Waals surface area (Å²) < 4.78 is 32.8. The molecule has 0 aliphatic rings. The van der Waals surface area contributed by atoms with E-state index in [1.165, 1.54) is 32.1 Å². The van der Waals surface area contributed by atoms with Crippen molar-refractivity contribution in [1.29, 1.82) is 0 Å².